The first kappa shape index (κ1) is 15.4. The van der Waals surface area contributed by atoms with Gasteiger partial charge in [0, 0.05) is 16.6 Å². The highest BCUT2D eigenvalue weighted by molar-refractivity contribution is 6.05. The molecule has 1 heterocycles. The number of alkyl halides is 3. The van der Waals surface area contributed by atoms with Gasteiger partial charge in [-0.1, -0.05) is 18.2 Å². The fourth-order valence-corrected chi connectivity index (χ4v) is 2.96. The average molecular weight is 345 g/mol. The molecule has 0 saturated carbocycles. The second-order valence-electron chi connectivity index (χ2n) is 5.79. The van der Waals surface area contributed by atoms with Gasteiger partial charge in [-0.15, -0.1) is 13.2 Å². The number of fused-ring (bicyclic) bond motifs is 3. The third kappa shape index (κ3) is 2.88. The number of anilines is 2. The summed E-state index contributed by atoms with van der Waals surface area (Å²) in [6.45, 7) is 2.05. The van der Waals surface area contributed by atoms with Crippen LogP contribution >= 0.6 is 0 Å². The zero-order valence-electron chi connectivity index (χ0n) is 13.2. The summed E-state index contributed by atoms with van der Waals surface area (Å²) in [5.74, 6) is 0.492. The molecule has 2 aromatic carbocycles. The number of rotatable bonds is 3. The Hall–Kier alpha value is -3.09. The Balaban J connectivity index is 1.62. The second kappa shape index (κ2) is 5.47. The number of aryl methyl sites for hydroxylation is 1. The van der Waals surface area contributed by atoms with Crippen molar-refractivity contribution in [2.24, 2.45) is 0 Å². The first-order valence-corrected chi connectivity index (χ1v) is 7.62. The van der Waals surface area contributed by atoms with E-state index in [9.17, 15) is 13.2 Å². The monoisotopic (exact) mass is 345 g/mol. The van der Waals surface area contributed by atoms with Crippen LogP contribution in [0, 0.1) is 6.92 Å². The van der Waals surface area contributed by atoms with Crippen LogP contribution in [-0.4, -0.2) is 16.6 Å². The molecule has 0 saturated heterocycles. The lowest BCUT2D eigenvalue weighted by molar-refractivity contribution is -0.274. The third-order valence-corrected chi connectivity index (χ3v) is 4.09. The SMILES string of the molecule is Cc1cccc2c3[nH][nH]c(Nc4ccc(OC(F)(F)F)cc4)c-3cc12. The van der Waals surface area contributed by atoms with Crippen LogP contribution in [0.1, 0.15) is 5.56 Å². The molecule has 0 radical (unpaired) electrons. The molecule has 0 atom stereocenters. The van der Waals surface area contributed by atoms with Crippen molar-refractivity contribution in [3.8, 4) is 17.0 Å². The van der Waals surface area contributed by atoms with Crippen LogP contribution in [0.2, 0.25) is 0 Å². The molecule has 7 heteroatoms. The molecule has 4 nitrogen and oxygen atoms in total. The maximum absolute atomic E-state index is 12.2. The van der Waals surface area contributed by atoms with E-state index in [1.807, 2.05) is 12.1 Å². The van der Waals surface area contributed by atoms with Crippen molar-refractivity contribution in [1.29, 1.82) is 0 Å². The number of hydrogen-bond acceptors (Lipinski definition) is 2. The van der Waals surface area contributed by atoms with Gasteiger partial charge in [-0.05, 0) is 48.2 Å². The van der Waals surface area contributed by atoms with E-state index < -0.39 is 6.36 Å². The van der Waals surface area contributed by atoms with Crippen LogP contribution in [-0.2, 0) is 0 Å². The molecule has 1 aliphatic heterocycles. The van der Waals surface area contributed by atoms with Crippen molar-refractivity contribution < 1.29 is 17.9 Å². The lowest BCUT2D eigenvalue weighted by Gasteiger charge is -2.10. The number of ether oxygens (including phenoxy) is 1. The molecule has 0 amide bonds. The summed E-state index contributed by atoms with van der Waals surface area (Å²) in [7, 11) is 0. The maximum Gasteiger partial charge on any atom is 0.573 e. The molecule has 4 rings (SSSR count). The average Bonchev–Trinajstić information content (AvgIpc) is 3.09. The number of H-pyrrole nitrogens is 2. The Morgan fingerprint density at radius 3 is 2.44 bits per heavy atom. The molecular formula is C18H14F3N3O. The minimum atomic E-state index is -4.69. The molecule has 0 bridgehead atoms. The summed E-state index contributed by atoms with van der Waals surface area (Å²) < 4.78 is 40.5. The van der Waals surface area contributed by atoms with Crippen LogP contribution in [0.5, 0.6) is 5.75 Å². The normalized spacial score (nSPS) is 12.0. The summed E-state index contributed by atoms with van der Waals surface area (Å²) in [5, 5.41) is 11.7. The molecule has 0 spiro atoms. The molecule has 0 fully saturated rings. The van der Waals surface area contributed by atoms with E-state index in [1.54, 1.807) is 0 Å². The van der Waals surface area contributed by atoms with Gasteiger partial charge in [0.2, 0.25) is 0 Å². The fraction of sp³-hybridized carbons (Fsp3) is 0.111. The highest BCUT2D eigenvalue weighted by atomic mass is 19.4. The predicted molar refractivity (Wildman–Crippen MR) is 90.4 cm³/mol. The summed E-state index contributed by atoms with van der Waals surface area (Å²) in [4.78, 5) is 0. The summed E-state index contributed by atoms with van der Waals surface area (Å²) in [6.07, 6.45) is -4.69. The van der Waals surface area contributed by atoms with Crippen LogP contribution in [0.4, 0.5) is 24.7 Å². The molecule has 0 aromatic heterocycles. The zero-order valence-corrected chi connectivity index (χ0v) is 13.2. The number of benzene rings is 2. The topological polar surface area (TPSA) is 52.8 Å². The predicted octanol–water partition coefficient (Wildman–Crippen LogP) is 5.55. The van der Waals surface area contributed by atoms with Crippen molar-refractivity contribution in [3.63, 3.8) is 0 Å². The Morgan fingerprint density at radius 2 is 1.72 bits per heavy atom. The zero-order chi connectivity index (χ0) is 17.6. The van der Waals surface area contributed by atoms with Gasteiger partial charge in [0.1, 0.15) is 11.6 Å². The van der Waals surface area contributed by atoms with Gasteiger partial charge in [0.15, 0.2) is 0 Å². The molecule has 128 valence electrons. The Bertz CT molecular complexity index is 999. The number of halogens is 3. The van der Waals surface area contributed by atoms with E-state index in [1.165, 1.54) is 29.8 Å². The highest BCUT2D eigenvalue weighted by Crippen LogP contribution is 2.39. The third-order valence-electron chi connectivity index (χ3n) is 4.09. The van der Waals surface area contributed by atoms with Crippen molar-refractivity contribution in [2.75, 3.05) is 5.32 Å². The van der Waals surface area contributed by atoms with Crippen LogP contribution < -0.4 is 10.1 Å². The van der Waals surface area contributed by atoms with E-state index in [0.29, 0.717) is 5.69 Å². The molecule has 0 unspecified atom stereocenters. The van der Waals surface area contributed by atoms with Crippen molar-refractivity contribution in [2.45, 2.75) is 13.3 Å². The maximum atomic E-state index is 12.2. The Labute approximate surface area is 140 Å². The molecular weight excluding hydrogens is 331 g/mol. The van der Waals surface area contributed by atoms with Crippen LogP contribution in [0.3, 0.4) is 0 Å². The Morgan fingerprint density at radius 1 is 0.960 bits per heavy atom. The molecule has 2 aliphatic rings. The smallest absolute Gasteiger partial charge is 0.406 e. The summed E-state index contributed by atoms with van der Waals surface area (Å²) >= 11 is 0. The van der Waals surface area contributed by atoms with E-state index in [-0.39, 0.29) is 5.75 Å². The van der Waals surface area contributed by atoms with Crippen LogP contribution in [0.15, 0.2) is 48.5 Å². The molecule has 25 heavy (non-hydrogen) atoms. The number of nitrogens with one attached hydrogen (secondary N) is 3. The fourth-order valence-electron chi connectivity index (χ4n) is 2.96. The van der Waals surface area contributed by atoms with Gasteiger partial charge in [-0.25, -0.2) is 0 Å². The van der Waals surface area contributed by atoms with E-state index in [0.717, 1.165) is 27.8 Å². The number of aromatic amines is 2. The first-order chi connectivity index (χ1) is 11.9. The standard InChI is InChI=1S/C18H14F3N3O/c1-10-3-2-4-13-14(10)9-15-16(13)23-24-17(15)22-11-5-7-12(8-6-11)25-18(19,20)21/h2-9,22-24H,1H3. The number of aromatic nitrogens is 2. The van der Waals surface area contributed by atoms with Gasteiger partial charge < -0.3 is 10.1 Å². The molecule has 1 aliphatic carbocycles. The van der Waals surface area contributed by atoms with Crippen molar-refractivity contribution in [1.82, 2.24) is 10.2 Å². The molecule has 3 N–H and O–H groups in total. The summed E-state index contributed by atoms with van der Waals surface area (Å²) in [6, 6.07) is 13.8. The van der Waals surface area contributed by atoms with Gasteiger partial charge >= 0.3 is 6.36 Å². The van der Waals surface area contributed by atoms with Gasteiger partial charge in [-0.3, -0.25) is 10.2 Å². The number of hydrogen-bond donors (Lipinski definition) is 3. The minimum absolute atomic E-state index is 0.254. The quantitative estimate of drug-likeness (QED) is 0.456. The van der Waals surface area contributed by atoms with E-state index >= 15 is 0 Å². The van der Waals surface area contributed by atoms with E-state index in [2.05, 4.69) is 39.3 Å². The van der Waals surface area contributed by atoms with Crippen molar-refractivity contribution in [3.05, 3.63) is 54.1 Å². The largest absolute Gasteiger partial charge is 0.573 e. The van der Waals surface area contributed by atoms with Crippen molar-refractivity contribution >= 4 is 22.3 Å². The lowest BCUT2D eigenvalue weighted by Crippen LogP contribution is -2.16. The summed E-state index contributed by atoms with van der Waals surface area (Å²) in [5.41, 5.74) is 3.80. The first-order valence-electron chi connectivity index (χ1n) is 7.62. The highest BCUT2D eigenvalue weighted by Gasteiger charge is 2.31. The molecule has 2 aromatic rings. The van der Waals surface area contributed by atoms with Gasteiger partial charge in [-0.2, -0.15) is 0 Å². The van der Waals surface area contributed by atoms with Gasteiger partial charge in [0.05, 0.1) is 5.69 Å². The lowest BCUT2D eigenvalue weighted by atomic mass is 10.1. The second-order valence-corrected chi connectivity index (χ2v) is 5.79. The van der Waals surface area contributed by atoms with Crippen LogP contribution in [0.25, 0.3) is 22.0 Å². The minimum Gasteiger partial charge on any atom is -0.406 e. The van der Waals surface area contributed by atoms with Gasteiger partial charge in [0.25, 0.3) is 0 Å². The Kier molecular flexibility index (Phi) is 3.38. The van der Waals surface area contributed by atoms with E-state index in [4.69, 9.17) is 0 Å².